The van der Waals surface area contributed by atoms with E-state index in [0.29, 0.717) is 13.1 Å². The molecule has 0 unspecified atom stereocenters. The molecule has 98 valence electrons. The molecule has 1 aromatic heterocycles. The molecule has 5 heteroatoms. The molecule has 3 heterocycles. The summed E-state index contributed by atoms with van der Waals surface area (Å²) in [5, 5.41) is 11.6. The highest BCUT2D eigenvalue weighted by Crippen LogP contribution is 2.24. The Balaban J connectivity index is 1.58. The van der Waals surface area contributed by atoms with E-state index in [1.54, 1.807) is 11.3 Å². The fourth-order valence-corrected chi connectivity index (χ4v) is 3.60. The average Bonchev–Trinajstić information content (AvgIpc) is 2.96. The standard InChI is InChI=1S/C13H18N2O2S/c16-11-1-4-14(8-11)9-13(17)15-5-2-12-10(7-15)3-6-18-12/h3,6,11,16H,1-2,4-5,7-9H2/t11-/m0/s1. The molecule has 18 heavy (non-hydrogen) atoms. The van der Waals surface area contributed by atoms with Crippen molar-refractivity contribution in [1.29, 1.82) is 0 Å². The van der Waals surface area contributed by atoms with E-state index in [4.69, 9.17) is 0 Å². The van der Waals surface area contributed by atoms with Crippen LogP contribution in [0.2, 0.25) is 0 Å². The molecular formula is C13H18N2O2S. The van der Waals surface area contributed by atoms with Gasteiger partial charge in [0.1, 0.15) is 0 Å². The molecule has 0 bridgehead atoms. The Bertz CT molecular complexity index is 446. The molecule has 1 N–H and O–H groups in total. The van der Waals surface area contributed by atoms with E-state index in [9.17, 15) is 9.90 Å². The highest BCUT2D eigenvalue weighted by Gasteiger charge is 2.26. The van der Waals surface area contributed by atoms with E-state index in [0.717, 1.165) is 32.5 Å². The topological polar surface area (TPSA) is 43.8 Å². The van der Waals surface area contributed by atoms with E-state index in [1.165, 1.54) is 10.4 Å². The van der Waals surface area contributed by atoms with Crippen molar-refractivity contribution in [1.82, 2.24) is 9.80 Å². The van der Waals surface area contributed by atoms with Crippen LogP contribution < -0.4 is 0 Å². The van der Waals surface area contributed by atoms with Crippen LogP contribution in [0.5, 0.6) is 0 Å². The van der Waals surface area contributed by atoms with Crippen molar-refractivity contribution in [2.24, 2.45) is 0 Å². The minimum absolute atomic E-state index is 0.195. The first kappa shape index (κ1) is 12.1. The molecule has 0 aromatic carbocycles. The van der Waals surface area contributed by atoms with Gasteiger partial charge in [-0.3, -0.25) is 9.69 Å². The van der Waals surface area contributed by atoms with Gasteiger partial charge in [0.2, 0.25) is 5.91 Å². The zero-order valence-electron chi connectivity index (χ0n) is 10.3. The molecular weight excluding hydrogens is 248 g/mol. The monoisotopic (exact) mass is 266 g/mol. The third kappa shape index (κ3) is 2.43. The second-order valence-corrected chi connectivity index (χ2v) is 6.11. The number of fused-ring (bicyclic) bond motifs is 1. The Labute approximate surface area is 111 Å². The van der Waals surface area contributed by atoms with Gasteiger partial charge in [0, 0.05) is 31.1 Å². The Kier molecular flexibility index (Phi) is 3.37. The van der Waals surface area contributed by atoms with Crippen LogP contribution in [0.1, 0.15) is 16.9 Å². The summed E-state index contributed by atoms with van der Waals surface area (Å²) in [5.41, 5.74) is 1.31. The molecule has 1 amide bonds. The third-order valence-electron chi connectivity index (χ3n) is 3.77. The first-order valence-corrected chi connectivity index (χ1v) is 7.34. The van der Waals surface area contributed by atoms with Crippen LogP contribution in [-0.2, 0) is 17.8 Å². The maximum atomic E-state index is 12.2. The molecule has 2 aliphatic heterocycles. The van der Waals surface area contributed by atoms with Crippen LogP contribution in [0.25, 0.3) is 0 Å². The number of aliphatic hydroxyl groups excluding tert-OH is 1. The van der Waals surface area contributed by atoms with Crippen molar-refractivity contribution in [3.8, 4) is 0 Å². The van der Waals surface area contributed by atoms with Crippen LogP contribution in [0.3, 0.4) is 0 Å². The fourth-order valence-electron chi connectivity index (χ4n) is 2.71. The number of nitrogens with zero attached hydrogens (tertiary/aromatic N) is 2. The van der Waals surface area contributed by atoms with Crippen molar-refractivity contribution < 1.29 is 9.90 Å². The number of thiophene rings is 1. The first-order valence-electron chi connectivity index (χ1n) is 6.46. The number of amides is 1. The van der Waals surface area contributed by atoms with Crippen molar-refractivity contribution in [2.45, 2.75) is 25.5 Å². The second kappa shape index (κ2) is 4.99. The van der Waals surface area contributed by atoms with Crippen molar-refractivity contribution in [2.75, 3.05) is 26.2 Å². The summed E-state index contributed by atoms with van der Waals surface area (Å²) in [7, 11) is 0. The van der Waals surface area contributed by atoms with Gasteiger partial charge in [0.25, 0.3) is 0 Å². The molecule has 0 radical (unpaired) electrons. The number of carbonyl (C=O) groups excluding carboxylic acids is 1. The Hall–Kier alpha value is -0.910. The predicted octanol–water partition coefficient (Wildman–Crippen LogP) is 0.699. The van der Waals surface area contributed by atoms with Crippen molar-refractivity contribution >= 4 is 17.2 Å². The lowest BCUT2D eigenvalue weighted by Gasteiger charge is -2.28. The summed E-state index contributed by atoms with van der Waals surface area (Å²) in [6, 6.07) is 2.12. The first-order chi connectivity index (χ1) is 8.72. The van der Waals surface area contributed by atoms with Gasteiger partial charge in [-0.05, 0) is 29.9 Å². The molecule has 0 saturated carbocycles. The zero-order valence-corrected chi connectivity index (χ0v) is 11.2. The maximum absolute atomic E-state index is 12.2. The quantitative estimate of drug-likeness (QED) is 0.857. The molecule has 3 rings (SSSR count). The summed E-state index contributed by atoms with van der Waals surface area (Å²) < 4.78 is 0. The average molecular weight is 266 g/mol. The van der Waals surface area contributed by atoms with Crippen LogP contribution in [-0.4, -0.2) is 53.1 Å². The van der Waals surface area contributed by atoms with Crippen LogP contribution >= 0.6 is 11.3 Å². The molecule has 4 nitrogen and oxygen atoms in total. The van der Waals surface area contributed by atoms with Gasteiger partial charge >= 0.3 is 0 Å². The van der Waals surface area contributed by atoms with Crippen molar-refractivity contribution in [3.63, 3.8) is 0 Å². The second-order valence-electron chi connectivity index (χ2n) is 5.11. The zero-order chi connectivity index (χ0) is 12.5. The van der Waals surface area contributed by atoms with Gasteiger partial charge in [-0.2, -0.15) is 0 Å². The SMILES string of the molecule is O=C(CN1CC[C@H](O)C1)N1CCc2sccc2C1. The van der Waals surface area contributed by atoms with Gasteiger partial charge in [-0.25, -0.2) is 0 Å². The number of aliphatic hydroxyl groups is 1. The van der Waals surface area contributed by atoms with Gasteiger partial charge in [-0.15, -0.1) is 11.3 Å². The van der Waals surface area contributed by atoms with Gasteiger partial charge in [-0.1, -0.05) is 0 Å². The van der Waals surface area contributed by atoms with Crippen LogP contribution in [0.15, 0.2) is 11.4 Å². The Morgan fingerprint density at radius 2 is 2.39 bits per heavy atom. The molecule has 0 spiro atoms. The highest BCUT2D eigenvalue weighted by molar-refractivity contribution is 7.10. The molecule has 0 aliphatic carbocycles. The number of hydrogen-bond donors (Lipinski definition) is 1. The van der Waals surface area contributed by atoms with Crippen molar-refractivity contribution in [3.05, 3.63) is 21.9 Å². The summed E-state index contributed by atoms with van der Waals surface area (Å²) >= 11 is 1.79. The van der Waals surface area contributed by atoms with Gasteiger partial charge in [0.15, 0.2) is 0 Å². The summed E-state index contributed by atoms with van der Waals surface area (Å²) in [4.78, 5) is 17.6. The minimum atomic E-state index is -0.248. The van der Waals surface area contributed by atoms with E-state index >= 15 is 0 Å². The largest absolute Gasteiger partial charge is 0.392 e. The van der Waals surface area contributed by atoms with E-state index < -0.39 is 0 Å². The normalized spacial score (nSPS) is 24.3. The Morgan fingerprint density at radius 1 is 1.50 bits per heavy atom. The van der Waals surface area contributed by atoms with Gasteiger partial charge in [0.05, 0.1) is 12.6 Å². The molecule has 1 saturated heterocycles. The van der Waals surface area contributed by atoms with Crippen LogP contribution in [0, 0.1) is 0 Å². The van der Waals surface area contributed by atoms with E-state index in [2.05, 4.69) is 16.3 Å². The summed E-state index contributed by atoms with van der Waals surface area (Å²) in [6.45, 7) is 3.53. The highest BCUT2D eigenvalue weighted by atomic mass is 32.1. The Morgan fingerprint density at radius 3 is 3.17 bits per heavy atom. The minimum Gasteiger partial charge on any atom is -0.392 e. The number of likely N-dealkylation sites (tertiary alicyclic amines) is 1. The molecule has 1 aromatic rings. The fraction of sp³-hybridized carbons (Fsp3) is 0.615. The lowest BCUT2D eigenvalue weighted by Crippen LogP contribution is -2.42. The smallest absolute Gasteiger partial charge is 0.237 e. The molecule has 2 aliphatic rings. The summed E-state index contributed by atoms with van der Waals surface area (Å²) in [6.07, 6.45) is 1.53. The number of carbonyl (C=O) groups is 1. The van der Waals surface area contributed by atoms with Gasteiger partial charge < -0.3 is 10.0 Å². The molecule has 1 atom stereocenters. The molecule has 1 fully saturated rings. The van der Waals surface area contributed by atoms with E-state index in [-0.39, 0.29) is 12.0 Å². The maximum Gasteiger partial charge on any atom is 0.237 e. The van der Waals surface area contributed by atoms with E-state index in [1.807, 2.05) is 4.90 Å². The number of hydrogen-bond acceptors (Lipinski definition) is 4. The van der Waals surface area contributed by atoms with Crippen LogP contribution in [0.4, 0.5) is 0 Å². The third-order valence-corrected chi connectivity index (χ3v) is 4.79. The number of β-amino-alcohol motifs (C(OH)–C–C–N with tert-alkyl or cyclic N) is 1. The number of rotatable bonds is 2. The summed E-state index contributed by atoms with van der Waals surface area (Å²) in [5.74, 6) is 0.195. The lowest BCUT2D eigenvalue weighted by atomic mass is 10.1. The predicted molar refractivity (Wildman–Crippen MR) is 70.5 cm³/mol. The lowest BCUT2D eigenvalue weighted by molar-refractivity contribution is -0.133.